The van der Waals surface area contributed by atoms with Gasteiger partial charge in [-0.1, -0.05) is 42.5 Å². The summed E-state index contributed by atoms with van der Waals surface area (Å²) in [6.07, 6.45) is 5.92. The molecule has 1 unspecified atom stereocenters. The zero-order chi connectivity index (χ0) is 29.3. The van der Waals surface area contributed by atoms with E-state index in [2.05, 4.69) is 44.0 Å². The summed E-state index contributed by atoms with van der Waals surface area (Å²) in [4.78, 5) is 37.9. The van der Waals surface area contributed by atoms with Crippen LogP contribution in [0.4, 0.5) is 5.69 Å². The molecule has 2 heterocycles. The number of amides is 1. The largest absolute Gasteiger partial charge is 0.497 e. The van der Waals surface area contributed by atoms with Crippen LogP contribution in [0.15, 0.2) is 72.9 Å². The number of methoxy groups -OCH3 is 1. The highest BCUT2D eigenvalue weighted by Gasteiger charge is 2.52. The maximum atomic E-state index is 14.2. The third kappa shape index (κ3) is 5.83. The molecule has 1 atom stereocenters. The SMILES string of the molecule is COc1ccc(C(NC(=O)C2(c3ccc4[nH]cc(CCOP(=O)(O)O)c4c3)CC2)c2ccccc2)c(N2CCCC2)c1. The van der Waals surface area contributed by atoms with E-state index in [4.69, 9.17) is 14.5 Å². The predicted octanol–water partition coefficient (Wildman–Crippen LogP) is 5.37. The van der Waals surface area contributed by atoms with Crippen LogP contribution in [-0.4, -0.2) is 47.5 Å². The minimum Gasteiger partial charge on any atom is -0.497 e. The maximum absolute atomic E-state index is 14.2. The van der Waals surface area contributed by atoms with Crippen molar-refractivity contribution in [1.29, 1.82) is 0 Å². The summed E-state index contributed by atoms with van der Waals surface area (Å²) >= 11 is 0. The molecule has 0 spiro atoms. The van der Waals surface area contributed by atoms with E-state index in [1.807, 2.05) is 48.7 Å². The van der Waals surface area contributed by atoms with Crippen LogP contribution in [0.3, 0.4) is 0 Å². The standard InChI is InChI=1S/C32H36N3O6P/c1-40-25-10-11-26(29(20-25)35-16-5-6-17-35)30(22-7-3-2-4-8-22)34-31(36)32(14-15-32)24-9-12-28-27(19-24)23(21-33-28)13-18-41-42(37,38)39/h2-4,7-12,19-21,30,33H,5-6,13-18H2,1H3,(H,34,36)(H2,37,38,39). The highest BCUT2D eigenvalue weighted by Crippen LogP contribution is 2.50. The molecule has 0 bridgehead atoms. The second-order valence-corrected chi connectivity index (χ2v) is 12.4. The molecule has 2 aliphatic rings. The summed E-state index contributed by atoms with van der Waals surface area (Å²) in [7, 11) is -2.86. The summed E-state index contributed by atoms with van der Waals surface area (Å²) in [5.41, 5.74) is 5.22. The molecule has 0 radical (unpaired) electrons. The lowest BCUT2D eigenvalue weighted by molar-refractivity contribution is -0.124. The van der Waals surface area contributed by atoms with E-state index in [-0.39, 0.29) is 18.6 Å². The van der Waals surface area contributed by atoms with Crippen LogP contribution < -0.4 is 15.0 Å². The zero-order valence-corrected chi connectivity index (χ0v) is 24.5. The lowest BCUT2D eigenvalue weighted by atomic mass is 9.91. The Morgan fingerprint density at radius 3 is 2.52 bits per heavy atom. The number of carbonyl (C=O) groups is 1. The highest BCUT2D eigenvalue weighted by molar-refractivity contribution is 7.46. The second-order valence-electron chi connectivity index (χ2n) is 11.2. The highest BCUT2D eigenvalue weighted by atomic mass is 31.2. The Hall–Kier alpha value is -3.62. The van der Waals surface area contributed by atoms with Crippen molar-refractivity contribution >= 4 is 30.3 Å². The Bertz CT molecular complexity index is 1620. The Morgan fingerprint density at radius 2 is 1.83 bits per heavy atom. The molecule has 4 N–H and O–H groups in total. The number of phosphoric acid groups is 1. The fraction of sp³-hybridized carbons (Fsp3) is 0.344. The van der Waals surface area contributed by atoms with Gasteiger partial charge < -0.3 is 29.7 Å². The number of H-pyrrole nitrogens is 1. The van der Waals surface area contributed by atoms with Crippen LogP contribution in [0.1, 0.15) is 54.0 Å². The minimum atomic E-state index is -4.54. The number of fused-ring (bicyclic) bond motifs is 1. The third-order valence-electron chi connectivity index (χ3n) is 8.54. The normalized spacial score (nSPS) is 16.9. The lowest BCUT2D eigenvalue weighted by Crippen LogP contribution is -2.38. The van der Waals surface area contributed by atoms with Gasteiger partial charge in [-0.15, -0.1) is 0 Å². The van der Waals surface area contributed by atoms with Gasteiger partial charge in [0, 0.05) is 47.5 Å². The molecule has 3 aromatic carbocycles. The summed E-state index contributed by atoms with van der Waals surface area (Å²) < 4.78 is 21.4. The van der Waals surface area contributed by atoms with Crippen molar-refractivity contribution in [1.82, 2.24) is 10.3 Å². The van der Waals surface area contributed by atoms with Crippen LogP contribution >= 0.6 is 7.82 Å². The zero-order valence-electron chi connectivity index (χ0n) is 23.6. The van der Waals surface area contributed by atoms with Crippen LogP contribution in [0, 0.1) is 0 Å². The molecule has 1 saturated carbocycles. The smallest absolute Gasteiger partial charge is 0.469 e. The van der Waals surface area contributed by atoms with Gasteiger partial charge in [0.25, 0.3) is 0 Å². The van der Waals surface area contributed by atoms with Crippen LogP contribution in [0.25, 0.3) is 10.9 Å². The van der Waals surface area contributed by atoms with Crippen molar-refractivity contribution < 1.29 is 28.4 Å². The number of nitrogens with zero attached hydrogens (tertiary/aromatic N) is 1. The molecule has 1 aliphatic heterocycles. The van der Waals surface area contributed by atoms with E-state index in [0.29, 0.717) is 6.42 Å². The van der Waals surface area contributed by atoms with Crippen LogP contribution in [-0.2, 0) is 25.7 Å². The number of hydrogen-bond donors (Lipinski definition) is 4. The first-order valence-electron chi connectivity index (χ1n) is 14.4. The van der Waals surface area contributed by atoms with Gasteiger partial charge in [-0.25, -0.2) is 4.57 Å². The Morgan fingerprint density at radius 1 is 1.07 bits per heavy atom. The number of ether oxygens (including phenoxy) is 1. The molecule has 10 heteroatoms. The average Bonchev–Trinajstić information content (AvgIpc) is 3.43. The molecular weight excluding hydrogens is 553 g/mol. The lowest BCUT2D eigenvalue weighted by Gasteiger charge is -2.29. The third-order valence-corrected chi connectivity index (χ3v) is 9.06. The van der Waals surface area contributed by atoms with Gasteiger partial charge in [0.05, 0.1) is 25.2 Å². The Kier molecular flexibility index (Phi) is 7.85. The number of phosphoric ester groups is 1. The monoisotopic (exact) mass is 589 g/mol. The van der Waals surface area contributed by atoms with E-state index >= 15 is 0 Å². The van der Waals surface area contributed by atoms with Gasteiger partial charge in [0.15, 0.2) is 0 Å². The average molecular weight is 590 g/mol. The van der Waals surface area contributed by atoms with Gasteiger partial charge in [-0.2, -0.15) is 0 Å². The first-order valence-corrected chi connectivity index (χ1v) is 15.9. The second kappa shape index (κ2) is 11.6. The number of rotatable bonds is 11. The molecule has 1 amide bonds. The van der Waals surface area contributed by atoms with Gasteiger partial charge >= 0.3 is 7.82 Å². The van der Waals surface area contributed by atoms with E-state index < -0.39 is 13.2 Å². The number of aromatic amines is 1. The van der Waals surface area contributed by atoms with Gasteiger partial charge in [0.1, 0.15) is 5.75 Å². The van der Waals surface area contributed by atoms with E-state index in [9.17, 15) is 9.36 Å². The molecule has 220 valence electrons. The molecule has 1 aromatic heterocycles. The van der Waals surface area contributed by atoms with Crippen molar-refractivity contribution in [2.45, 2.75) is 43.6 Å². The fourth-order valence-corrected chi connectivity index (χ4v) is 6.44. The quantitative estimate of drug-likeness (QED) is 0.174. The fourth-order valence-electron chi connectivity index (χ4n) is 6.11. The Balaban J connectivity index is 1.31. The Labute approximate surface area is 245 Å². The molecule has 1 aliphatic carbocycles. The predicted molar refractivity (Wildman–Crippen MR) is 162 cm³/mol. The summed E-state index contributed by atoms with van der Waals surface area (Å²) in [5, 5.41) is 4.36. The van der Waals surface area contributed by atoms with Crippen molar-refractivity contribution in [3.05, 3.63) is 95.2 Å². The summed E-state index contributed by atoms with van der Waals surface area (Å²) in [5.74, 6) is 0.778. The molecule has 4 aromatic rings. The van der Waals surface area contributed by atoms with Crippen molar-refractivity contribution in [2.75, 3.05) is 31.7 Å². The molecule has 1 saturated heterocycles. The number of aromatic nitrogens is 1. The molecule has 6 rings (SSSR count). The van der Waals surface area contributed by atoms with Crippen molar-refractivity contribution in [2.24, 2.45) is 0 Å². The van der Waals surface area contributed by atoms with Crippen molar-refractivity contribution in [3.8, 4) is 5.75 Å². The molecule has 42 heavy (non-hydrogen) atoms. The van der Waals surface area contributed by atoms with E-state index in [0.717, 1.165) is 83.4 Å². The molecular formula is C32H36N3O6P. The number of carbonyl (C=O) groups excluding carboxylic acids is 1. The van der Waals surface area contributed by atoms with E-state index in [1.54, 1.807) is 7.11 Å². The van der Waals surface area contributed by atoms with E-state index in [1.165, 1.54) is 0 Å². The van der Waals surface area contributed by atoms with Gasteiger partial charge in [-0.3, -0.25) is 9.32 Å². The number of nitrogens with one attached hydrogen (secondary N) is 2. The van der Waals surface area contributed by atoms with Crippen molar-refractivity contribution in [3.63, 3.8) is 0 Å². The maximum Gasteiger partial charge on any atom is 0.469 e. The minimum absolute atomic E-state index is 0.0131. The topological polar surface area (TPSA) is 124 Å². The molecule has 2 fully saturated rings. The number of anilines is 1. The summed E-state index contributed by atoms with van der Waals surface area (Å²) in [6, 6.07) is 21.9. The van der Waals surface area contributed by atoms with Gasteiger partial charge in [0.2, 0.25) is 5.91 Å². The number of benzene rings is 3. The van der Waals surface area contributed by atoms with Crippen LogP contribution in [0.5, 0.6) is 5.75 Å². The van der Waals surface area contributed by atoms with Crippen LogP contribution in [0.2, 0.25) is 0 Å². The molecule has 9 nitrogen and oxygen atoms in total. The summed E-state index contributed by atoms with van der Waals surface area (Å²) in [6.45, 7) is 1.84. The van der Waals surface area contributed by atoms with Gasteiger partial charge in [-0.05, 0) is 67.0 Å². The number of hydrogen-bond acceptors (Lipinski definition) is 5. The first-order chi connectivity index (χ1) is 20.3. The first kappa shape index (κ1) is 28.5.